The van der Waals surface area contributed by atoms with Gasteiger partial charge in [-0.15, -0.1) is 0 Å². The van der Waals surface area contributed by atoms with Gasteiger partial charge in [0.1, 0.15) is 0 Å². The lowest BCUT2D eigenvalue weighted by atomic mass is 10.1. The molecular formula is C13H19N5O. The first-order chi connectivity index (χ1) is 8.91. The van der Waals surface area contributed by atoms with Gasteiger partial charge in [0.25, 0.3) is 5.91 Å². The van der Waals surface area contributed by atoms with Gasteiger partial charge in [0.05, 0.1) is 17.0 Å². The van der Waals surface area contributed by atoms with E-state index in [4.69, 9.17) is 0 Å². The number of aromatic nitrogens is 4. The van der Waals surface area contributed by atoms with Crippen molar-refractivity contribution in [1.82, 2.24) is 25.3 Å². The molecule has 2 N–H and O–H groups in total. The fourth-order valence-electron chi connectivity index (χ4n) is 2.19. The average molecular weight is 261 g/mol. The third-order valence-corrected chi connectivity index (χ3v) is 3.44. The molecule has 6 heteroatoms. The topological polar surface area (TPSA) is 75.6 Å². The number of hydrogen-bond donors (Lipinski definition) is 2. The fourth-order valence-corrected chi connectivity index (χ4v) is 2.19. The van der Waals surface area contributed by atoms with E-state index in [-0.39, 0.29) is 5.91 Å². The fraction of sp³-hybridized carbons (Fsp3) is 0.462. The zero-order valence-corrected chi connectivity index (χ0v) is 12.0. The Hall–Kier alpha value is -2.11. The Balaban J connectivity index is 2.14. The van der Waals surface area contributed by atoms with Crippen molar-refractivity contribution in [2.24, 2.45) is 7.05 Å². The molecule has 0 radical (unpaired) electrons. The summed E-state index contributed by atoms with van der Waals surface area (Å²) in [5.41, 5.74) is 5.21. The van der Waals surface area contributed by atoms with Gasteiger partial charge in [-0.3, -0.25) is 14.6 Å². The Labute approximate surface area is 112 Å². The lowest BCUT2D eigenvalue weighted by molar-refractivity contribution is 0.0949. The van der Waals surface area contributed by atoms with Crippen LogP contribution in [0.2, 0.25) is 0 Å². The van der Waals surface area contributed by atoms with Crippen LogP contribution in [-0.2, 0) is 13.6 Å². The second-order valence-corrected chi connectivity index (χ2v) is 4.76. The predicted octanol–water partition coefficient (Wildman–Crippen LogP) is 1.31. The normalized spacial score (nSPS) is 10.8. The van der Waals surface area contributed by atoms with Crippen LogP contribution in [0.1, 0.15) is 38.7 Å². The molecule has 0 aromatic carbocycles. The Morgan fingerprint density at radius 2 is 1.95 bits per heavy atom. The van der Waals surface area contributed by atoms with E-state index in [1.807, 2.05) is 34.7 Å². The first-order valence-corrected chi connectivity index (χ1v) is 6.20. The van der Waals surface area contributed by atoms with Crippen molar-refractivity contribution in [3.05, 3.63) is 33.9 Å². The summed E-state index contributed by atoms with van der Waals surface area (Å²) in [4.78, 5) is 12.2. The molecule has 0 atom stereocenters. The highest BCUT2D eigenvalue weighted by molar-refractivity contribution is 5.96. The van der Waals surface area contributed by atoms with Gasteiger partial charge < -0.3 is 5.32 Å². The molecule has 0 saturated carbocycles. The highest BCUT2D eigenvalue weighted by Gasteiger charge is 2.17. The molecule has 2 heterocycles. The molecule has 0 fully saturated rings. The van der Waals surface area contributed by atoms with Gasteiger partial charge in [0.15, 0.2) is 0 Å². The third kappa shape index (κ3) is 2.38. The molecule has 2 aromatic heterocycles. The second-order valence-electron chi connectivity index (χ2n) is 4.76. The van der Waals surface area contributed by atoms with Crippen LogP contribution in [0.4, 0.5) is 0 Å². The minimum absolute atomic E-state index is 0.0944. The van der Waals surface area contributed by atoms with Gasteiger partial charge in [-0.1, -0.05) is 0 Å². The summed E-state index contributed by atoms with van der Waals surface area (Å²) in [7, 11) is 1.84. The number of nitrogens with zero attached hydrogens (tertiary/aromatic N) is 3. The lowest BCUT2D eigenvalue weighted by Gasteiger charge is -2.06. The Kier molecular flexibility index (Phi) is 3.42. The third-order valence-electron chi connectivity index (χ3n) is 3.44. The van der Waals surface area contributed by atoms with E-state index in [1.165, 1.54) is 0 Å². The van der Waals surface area contributed by atoms with Gasteiger partial charge >= 0.3 is 0 Å². The number of carbonyl (C=O) groups is 1. The van der Waals surface area contributed by atoms with Gasteiger partial charge in [-0.25, -0.2) is 0 Å². The highest BCUT2D eigenvalue weighted by atomic mass is 16.1. The molecule has 2 rings (SSSR count). The lowest BCUT2D eigenvalue weighted by Crippen LogP contribution is -2.24. The Bertz CT molecular complexity index is 604. The van der Waals surface area contributed by atoms with E-state index in [1.54, 1.807) is 4.68 Å². The zero-order chi connectivity index (χ0) is 14.2. The number of aromatic amines is 1. The molecule has 0 bridgehead atoms. The van der Waals surface area contributed by atoms with Crippen molar-refractivity contribution in [2.45, 2.75) is 34.2 Å². The summed E-state index contributed by atoms with van der Waals surface area (Å²) in [5, 5.41) is 14.2. The van der Waals surface area contributed by atoms with Crippen LogP contribution >= 0.6 is 0 Å². The summed E-state index contributed by atoms with van der Waals surface area (Å²) in [6.07, 6.45) is 0. The summed E-state index contributed by atoms with van der Waals surface area (Å²) in [6, 6.07) is 0. The quantitative estimate of drug-likeness (QED) is 0.874. The molecule has 2 aromatic rings. The Morgan fingerprint density at radius 3 is 2.42 bits per heavy atom. The first-order valence-electron chi connectivity index (χ1n) is 6.20. The maximum absolute atomic E-state index is 12.2. The molecule has 0 aliphatic heterocycles. The molecular weight excluding hydrogens is 242 g/mol. The number of amides is 1. The standard InChI is InChI=1S/C13H19N5O/c1-7-11(8(2)16-15-7)6-14-13(19)12-9(3)17-18(5)10(12)4/h6H2,1-5H3,(H,14,19)(H,15,16). The van der Waals surface area contributed by atoms with E-state index in [2.05, 4.69) is 20.6 Å². The average Bonchev–Trinajstić information content (AvgIpc) is 2.78. The molecule has 19 heavy (non-hydrogen) atoms. The van der Waals surface area contributed by atoms with Crippen molar-refractivity contribution in [2.75, 3.05) is 0 Å². The summed E-state index contributed by atoms with van der Waals surface area (Å²) < 4.78 is 1.72. The van der Waals surface area contributed by atoms with Gasteiger partial charge in [0, 0.05) is 30.5 Å². The number of carbonyl (C=O) groups excluding carboxylic acids is 1. The molecule has 0 unspecified atom stereocenters. The number of hydrogen-bond acceptors (Lipinski definition) is 3. The predicted molar refractivity (Wildman–Crippen MR) is 71.9 cm³/mol. The van der Waals surface area contributed by atoms with Crippen molar-refractivity contribution >= 4 is 5.91 Å². The van der Waals surface area contributed by atoms with Crippen molar-refractivity contribution < 1.29 is 4.79 Å². The van der Waals surface area contributed by atoms with E-state index in [0.717, 1.165) is 28.3 Å². The van der Waals surface area contributed by atoms with Gasteiger partial charge in [-0.2, -0.15) is 10.2 Å². The van der Waals surface area contributed by atoms with E-state index >= 15 is 0 Å². The number of H-pyrrole nitrogens is 1. The summed E-state index contributed by atoms with van der Waals surface area (Å²) >= 11 is 0. The molecule has 0 aliphatic carbocycles. The van der Waals surface area contributed by atoms with E-state index in [9.17, 15) is 4.79 Å². The van der Waals surface area contributed by atoms with Crippen LogP contribution < -0.4 is 5.32 Å². The minimum Gasteiger partial charge on any atom is -0.348 e. The summed E-state index contributed by atoms with van der Waals surface area (Å²) in [6.45, 7) is 8.08. The van der Waals surface area contributed by atoms with Crippen molar-refractivity contribution in [3.63, 3.8) is 0 Å². The van der Waals surface area contributed by atoms with Crippen LogP contribution in [0, 0.1) is 27.7 Å². The Morgan fingerprint density at radius 1 is 1.26 bits per heavy atom. The highest BCUT2D eigenvalue weighted by Crippen LogP contribution is 2.13. The van der Waals surface area contributed by atoms with E-state index < -0.39 is 0 Å². The van der Waals surface area contributed by atoms with Crippen molar-refractivity contribution in [1.29, 1.82) is 0 Å². The monoisotopic (exact) mass is 261 g/mol. The number of rotatable bonds is 3. The van der Waals surface area contributed by atoms with Gasteiger partial charge in [0.2, 0.25) is 0 Å². The van der Waals surface area contributed by atoms with Crippen molar-refractivity contribution in [3.8, 4) is 0 Å². The molecule has 6 nitrogen and oxygen atoms in total. The van der Waals surface area contributed by atoms with Crippen LogP contribution in [0.15, 0.2) is 0 Å². The van der Waals surface area contributed by atoms with E-state index in [0.29, 0.717) is 12.1 Å². The maximum Gasteiger partial charge on any atom is 0.255 e. The second kappa shape index (κ2) is 4.87. The van der Waals surface area contributed by atoms with Crippen LogP contribution in [0.5, 0.6) is 0 Å². The molecule has 102 valence electrons. The molecule has 0 aliphatic rings. The van der Waals surface area contributed by atoms with Crippen LogP contribution in [0.25, 0.3) is 0 Å². The molecule has 0 saturated heterocycles. The summed E-state index contributed by atoms with van der Waals surface area (Å²) in [5.74, 6) is -0.0944. The smallest absolute Gasteiger partial charge is 0.255 e. The molecule has 1 amide bonds. The maximum atomic E-state index is 12.2. The SMILES string of the molecule is Cc1n[nH]c(C)c1CNC(=O)c1c(C)nn(C)c1C. The minimum atomic E-state index is -0.0944. The number of aryl methyl sites for hydroxylation is 4. The number of nitrogens with one attached hydrogen (secondary N) is 2. The van der Waals surface area contributed by atoms with Crippen LogP contribution in [0.3, 0.4) is 0 Å². The molecule has 0 spiro atoms. The van der Waals surface area contributed by atoms with Crippen LogP contribution in [-0.4, -0.2) is 25.9 Å². The van der Waals surface area contributed by atoms with Gasteiger partial charge in [-0.05, 0) is 27.7 Å². The zero-order valence-electron chi connectivity index (χ0n) is 12.0. The largest absolute Gasteiger partial charge is 0.348 e. The first kappa shape index (κ1) is 13.3.